The topological polar surface area (TPSA) is 26.5 Å². The van der Waals surface area contributed by atoms with Crippen LogP contribution in [0.5, 0.6) is 0 Å². The van der Waals surface area contributed by atoms with Gasteiger partial charge in [0, 0.05) is 20.9 Å². The van der Waals surface area contributed by atoms with E-state index in [9.17, 15) is 5.11 Å². The molecule has 4 rings (SSSR count). The van der Waals surface area contributed by atoms with Crippen LogP contribution in [0.15, 0.2) is 57.5 Å². The normalized spacial score (nSPS) is 22.7. The van der Waals surface area contributed by atoms with Gasteiger partial charge in [0.15, 0.2) is 6.54 Å². The lowest BCUT2D eigenvalue weighted by Crippen LogP contribution is -3.00. The summed E-state index contributed by atoms with van der Waals surface area (Å²) in [6.45, 7) is 1.46. The second-order valence-corrected chi connectivity index (χ2v) is 8.60. The Morgan fingerprint density at radius 2 is 1.50 bits per heavy atom. The Kier molecular flexibility index (Phi) is 6.27. The van der Waals surface area contributed by atoms with Gasteiger partial charge in [-0.3, -0.25) is 0 Å². The molecule has 6 heteroatoms. The van der Waals surface area contributed by atoms with Gasteiger partial charge in [0.05, 0.1) is 6.54 Å². The van der Waals surface area contributed by atoms with Gasteiger partial charge in [-0.25, -0.2) is 9.48 Å². The Bertz CT molecular complexity index is 805. The minimum atomic E-state index is -0.979. The average Bonchev–Trinajstić information content (AvgIpc) is 2.78. The van der Waals surface area contributed by atoms with Crippen molar-refractivity contribution in [1.29, 1.82) is 0 Å². The van der Waals surface area contributed by atoms with Gasteiger partial charge in [0.25, 0.3) is 11.6 Å². The average molecular weight is 545 g/mol. The first-order valence-corrected chi connectivity index (χ1v) is 10.3. The number of amidine groups is 1. The summed E-state index contributed by atoms with van der Waals surface area (Å²) < 4.78 is 4.33. The number of nitrogens with zero attached hydrogens (tertiary/aromatic N) is 2. The standard InChI is InChI=1S/C20H21Br2N2O.BrH/c21-16-7-5-15(6-8-16)20(25)14-23(18-11-9-17(22)10-12-18)19-4-2-1-3-13-24(19)20;/h5-12,25H,1-4,13-14H2;1H/q+1;/p-1. The molecule has 0 bridgehead atoms. The van der Waals surface area contributed by atoms with Crippen LogP contribution in [-0.2, 0) is 5.72 Å². The first kappa shape index (κ1) is 20.1. The van der Waals surface area contributed by atoms with E-state index in [-0.39, 0.29) is 17.0 Å². The highest BCUT2D eigenvalue weighted by Crippen LogP contribution is 2.36. The van der Waals surface area contributed by atoms with Crippen molar-refractivity contribution in [2.24, 2.45) is 0 Å². The van der Waals surface area contributed by atoms with E-state index in [1.54, 1.807) is 0 Å². The lowest BCUT2D eigenvalue weighted by molar-refractivity contribution is -0.658. The van der Waals surface area contributed by atoms with Gasteiger partial charge in [0.1, 0.15) is 5.69 Å². The fraction of sp³-hybridized carbons (Fsp3) is 0.350. The van der Waals surface area contributed by atoms with Crippen molar-refractivity contribution >= 4 is 43.4 Å². The molecule has 1 N–H and O–H groups in total. The van der Waals surface area contributed by atoms with Crippen LogP contribution in [0.25, 0.3) is 0 Å². The van der Waals surface area contributed by atoms with Crippen LogP contribution in [0, 0.1) is 0 Å². The molecule has 0 aliphatic carbocycles. The van der Waals surface area contributed by atoms with E-state index in [0.717, 1.165) is 39.6 Å². The fourth-order valence-corrected chi connectivity index (χ4v) is 4.42. The lowest BCUT2D eigenvalue weighted by Gasteiger charge is -2.23. The summed E-state index contributed by atoms with van der Waals surface area (Å²) in [4.78, 5) is 2.29. The maximum Gasteiger partial charge on any atom is 0.271 e. The predicted molar refractivity (Wildman–Crippen MR) is 108 cm³/mol. The van der Waals surface area contributed by atoms with E-state index in [0.29, 0.717) is 6.54 Å². The van der Waals surface area contributed by atoms with Gasteiger partial charge in [-0.05, 0) is 55.7 Å². The summed E-state index contributed by atoms with van der Waals surface area (Å²) in [6, 6.07) is 16.4. The van der Waals surface area contributed by atoms with Crippen LogP contribution < -0.4 is 21.9 Å². The molecule has 2 aromatic carbocycles. The molecule has 1 unspecified atom stereocenters. The summed E-state index contributed by atoms with van der Waals surface area (Å²) in [5, 5.41) is 11.7. The van der Waals surface area contributed by atoms with Crippen molar-refractivity contribution in [3.63, 3.8) is 0 Å². The largest absolute Gasteiger partial charge is 1.00 e. The number of anilines is 1. The van der Waals surface area contributed by atoms with Gasteiger partial charge < -0.3 is 22.1 Å². The summed E-state index contributed by atoms with van der Waals surface area (Å²) in [5.74, 6) is 1.24. The third-order valence-electron chi connectivity index (χ3n) is 5.18. The van der Waals surface area contributed by atoms with E-state index in [1.165, 1.54) is 18.7 Å². The molecule has 26 heavy (non-hydrogen) atoms. The number of hydrogen-bond donors (Lipinski definition) is 1. The maximum atomic E-state index is 11.7. The van der Waals surface area contributed by atoms with Gasteiger partial charge in [-0.15, -0.1) is 0 Å². The fourth-order valence-electron chi connectivity index (χ4n) is 3.90. The van der Waals surface area contributed by atoms with Crippen molar-refractivity contribution in [3.05, 3.63) is 63.0 Å². The molecule has 2 heterocycles. The van der Waals surface area contributed by atoms with Crippen LogP contribution >= 0.6 is 31.9 Å². The Morgan fingerprint density at radius 3 is 2.15 bits per heavy atom. The van der Waals surface area contributed by atoms with Gasteiger partial charge in [-0.2, -0.15) is 0 Å². The quantitative estimate of drug-likeness (QED) is 0.584. The molecule has 2 aliphatic rings. The molecule has 0 spiro atoms. The molecule has 0 saturated heterocycles. The summed E-state index contributed by atoms with van der Waals surface area (Å²) in [5.41, 5.74) is 1.11. The number of benzene rings is 2. The molecule has 138 valence electrons. The van der Waals surface area contributed by atoms with Gasteiger partial charge >= 0.3 is 0 Å². The van der Waals surface area contributed by atoms with Crippen LogP contribution in [0.3, 0.4) is 0 Å². The van der Waals surface area contributed by atoms with Gasteiger partial charge in [-0.1, -0.05) is 44.0 Å². The van der Waals surface area contributed by atoms with Crippen LogP contribution in [-0.4, -0.2) is 28.6 Å². The molecule has 0 fully saturated rings. The Morgan fingerprint density at radius 1 is 0.885 bits per heavy atom. The minimum Gasteiger partial charge on any atom is -1.00 e. The lowest BCUT2D eigenvalue weighted by atomic mass is 10.0. The highest BCUT2D eigenvalue weighted by atomic mass is 79.9. The molecule has 0 amide bonds. The monoisotopic (exact) mass is 542 g/mol. The number of halogens is 3. The predicted octanol–water partition coefficient (Wildman–Crippen LogP) is 1.87. The molecule has 0 saturated carbocycles. The minimum absolute atomic E-state index is 0. The zero-order valence-electron chi connectivity index (χ0n) is 14.3. The third-order valence-corrected chi connectivity index (χ3v) is 6.23. The molecule has 2 aliphatic heterocycles. The van der Waals surface area contributed by atoms with E-state index in [4.69, 9.17) is 0 Å². The first-order chi connectivity index (χ1) is 12.1. The Labute approximate surface area is 181 Å². The second-order valence-electron chi connectivity index (χ2n) is 6.76. The van der Waals surface area contributed by atoms with Crippen molar-refractivity contribution in [2.75, 3.05) is 18.0 Å². The zero-order valence-corrected chi connectivity index (χ0v) is 19.1. The van der Waals surface area contributed by atoms with E-state index in [2.05, 4.69) is 65.6 Å². The Balaban J connectivity index is 0.00000196. The van der Waals surface area contributed by atoms with Crippen molar-refractivity contribution in [3.8, 4) is 0 Å². The van der Waals surface area contributed by atoms with E-state index < -0.39 is 5.72 Å². The Hall–Kier alpha value is -0.690. The third kappa shape index (κ3) is 3.66. The van der Waals surface area contributed by atoms with Crippen LogP contribution in [0.4, 0.5) is 5.69 Å². The van der Waals surface area contributed by atoms with E-state index >= 15 is 0 Å². The first-order valence-electron chi connectivity index (χ1n) is 8.73. The zero-order chi connectivity index (χ0) is 17.4. The molecule has 1 atom stereocenters. The smallest absolute Gasteiger partial charge is 0.271 e. The second kappa shape index (κ2) is 8.13. The molecule has 0 aromatic heterocycles. The van der Waals surface area contributed by atoms with Crippen molar-refractivity contribution < 1.29 is 26.7 Å². The van der Waals surface area contributed by atoms with Crippen LogP contribution in [0.2, 0.25) is 0 Å². The molecule has 3 nitrogen and oxygen atoms in total. The number of hydrogen-bond acceptors (Lipinski definition) is 2. The molecular weight excluding hydrogens is 524 g/mol. The summed E-state index contributed by atoms with van der Waals surface area (Å²) in [6.07, 6.45) is 4.52. The van der Waals surface area contributed by atoms with Crippen molar-refractivity contribution in [1.82, 2.24) is 0 Å². The van der Waals surface area contributed by atoms with E-state index in [1.807, 2.05) is 24.3 Å². The highest BCUT2D eigenvalue weighted by molar-refractivity contribution is 9.10. The maximum absolute atomic E-state index is 11.7. The van der Waals surface area contributed by atoms with Crippen molar-refractivity contribution in [2.45, 2.75) is 31.4 Å². The number of β-amino-alcohol motifs (C(OH)–C–C–N with tert-alkyl or cyclic N) is 1. The SMILES string of the molecule is OC1(c2ccc(Br)cc2)CN(c2ccc(Br)cc2)C2=[N+]1CCCCC2.[Br-]. The molecule has 0 radical (unpaired) electrons. The highest BCUT2D eigenvalue weighted by Gasteiger charge is 2.51. The van der Waals surface area contributed by atoms with Crippen LogP contribution in [0.1, 0.15) is 31.2 Å². The number of rotatable bonds is 2. The number of aliphatic hydroxyl groups is 1. The molecular formula is C20H21Br3N2O. The summed E-state index contributed by atoms with van der Waals surface area (Å²) in [7, 11) is 0. The summed E-state index contributed by atoms with van der Waals surface area (Å²) >= 11 is 7.00. The molecule has 2 aromatic rings. The van der Waals surface area contributed by atoms with Gasteiger partial charge in [0.2, 0.25) is 0 Å².